The van der Waals surface area contributed by atoms with Crippen molar-refractivity contribution in [2.75, 3.05) is 12.4 Å². The van der Waals surface area contributed by atoms with E-state index in [-0.39, 0.29) is 34.7 Å². The van der Waals surface area contributed by atoms with Crippen molar-refractivity contribution in [3.63, 3.8) is 0 Å². The number of primary amides is 1. The molecule has 1 heterocycles. The molecular weight excluding hydrogens is 523 g/mol. The summed E-state index contributed by atoms with van der Waals surface area (Å²) in [6.07, 6.45) is 6.71. The van der Waals surface area contributed by atoms with E-state index in [1.165, 1.54) is 12.4 Å². The number of hydrogen-bond acceptors (Lipinski definition) is 7. The van der Waals surface area contributed by atoms with Gasteiger partial charge in [-0.1, -0.05) is 38.4 Å². The first-order chi connectivity index (χ1) is 18.6. The summed E-state index contributed by atoms with van der Waals surface area (Å²) in [6.45, 7) is 5.87. The second-order valence-electron chi connectivity index (χ2n) is 10.1. The van der Waals surface area contributed by atoms with E-state index in [1.807, 2.05) is 19.1 Å². The molecule has 0 radical (unpaired) electrons. The number of ether oxygens (including phenoxy) is 2. The number of nitrogens with one attached hydrogen (secondary N) is 1. The molecule has 212 valence electrons. The molecule has 1 aliphatic carbocycles. The Bertz CT molecular complexity index is 1250. The number of fused-ring (bicyclic) bond motifs is 1. The number of carbonyl (C=O) groups excluding carboxylic acids is 1. The Kier molecular flexibility index (Phi) is 11.1. The molecule has 0 saturated heterocycles. The number of methoxy groups -OCH3 is 1. The predicted octanol–water partition coefficient (Wildman–Crippen LogP) is 6.40. The van der Waals surface area contributed by atoms with Crippen molar-refractivity contribution >= 4 is 39.9 Å². The van der Waals surface area contributed by atoms with Crippen LogP contribution in [0.3, 0.4) is 0 Å². The lowest BCUT2D eigenvalue weighted by atomic mass is 9.89. The van der Waals surface area contributed by atoms with E-state index < -0.39 is 5.82 Å². The summed E-state index contributed by atoms with van der Waals surface area (Å²) in [5, 5.41) is 12.9. The Balaban J connectivity index is 0.000000360. The van der Waals surface area contributed by atoms with Crippen molar-refractivity contribution in [3.05, 3.63) is 47.5 Å². The fourth-order valence-corrected chi connectivity index (χ4v) is 4.54. The molecule has 0 bridgehead atoms. The van der Waals surface area contributed by atoms with Crippen LogP contribution in [0.15, 0.2) is 36.7 Å². The van der Waals surface area contributed by atoms with Crippen LogP contribution in [0.2, 0.25) is 5.02 Å². The van der Waals surface area contributed by atoms with E-state index in [1.54, 1.807) is 26.2 Å². The SMILES string of the molecule is CC[C@H](O)C[C@@H](C)C(N)=O.COc1cc2ncnc(Nc3cccc(Cl)c3F)c2cc1OC1CCC(C)CC1. The molecule has 3 aromatic rings. The fourth-order valence-electron chi connectivity index (χ4n) is 4.36. The second kappa shape index (κ2) is 14.3. The quantitative estimate of drug-likeness (QED) is 0.277. The molecule has 1 aromatic heterocycles. The number of hydrogen-bond donors (Lipinski definition) is 3. The van der Waals surface area contributed by atoms with Crippen LogP contribution in [-0.4, -0.2) is 40.3 Å². The third-order valence-electron chi connectivity index (χ3n) is 6.96. The summed E-state index contributed by atoms with van der Waals surface area (Å²) in [7, 11) is 1.61. The van der Waals surface area contributed by atoms with Crippen LogP contribution in [-0.2, 0) is 4.79 Å². The highest BCUT2D eigenvalue weighted by molar-refractivity contribution is 6.31. The molecular formula is C29H38ClFN4O4. The minimum absolute atomic E-state index is 0.0468. The van der Waals surface area contributed by atoms with Crippen molar-refractivity contribution in [3.8, 4) is 11.5 Å². The van der Waals surface area contributed by atoms with Crippen molar-refractivity contribution in [2.45, 2.75) is 71.5 Å². The minimum Gasteiger partial charge on any atom is -0.493 e. The molecule has 1 fully saturated rings. The van der Waals surface area contributed by atoms with Gasteiger partial charge in [0, 0.05) is 17.4 Å². The van der Waals surface area contributed by atoms with Gasteiger partial charge in [-0.3, -0.25) is 4.79 Å². The Hall–Kier alpha value is -3.17. The number of halogens is 2. The van der Waals surface area contributed by atoms with Crippen LogP contribution in [0.5, 0.6) is 11.5 Å². The van der Waals surface area contributed by atoms with E-state index in [2.05, 4.69) is 22.2 Å². The van der Waals surface area contributed by atoms with Crippen molar-refractivity contribution in [2.24, 2.45) is 17.6 Å². The van der Waals surface area contributed by atoms with E-state index in [0.717, 1.165) is 31.6 Å². The zero-order valence-electron chi connectivity index (χ0n) is 22.9. The highest BCUT2D eigenvalue weighted by Gasteiger charge is 2.22. The molecule has 10 heteroatoms. The first kappa shape index (κ1) is 30.4. The van der Waals surface area contributed by atoms with Crippen LogP contribution in [0.4, 0.5) is 15.9 Å². The molecule has 2 atom stereocenters. The predicted molar refractivity (Wildman–Crippen MR) is 152 cm³/mol. The molecule has 39 heavy (non-hydrogen) atoms. The molecule has 1 saturated carbocycles. The van der Waals surface area contributed by atoms with Gasteiger partial charge >= 0.3 is 0 Å². The average molecular weight is 561 g/mol. The lowest BCUT2D eigenvalue weighted by molar-refractivity contribution is -0.122. The first-order valence-corrected chi connectivity index (χ1v) is 13.7. The zero-order valence-corrected chi connectivity index (χ0v) is 23.7. The molecule has 0 unspecified atom stereocenters. The van der Waals surface area contributed by atoms with Gasteiger partial charge in [0.25, 0.3) is 0 Å². The minimum atomic E-state index is -0.526. The van der Waals surface area contributed by atoms with Gasteiger partial charge in [0.2, 0.25) is 5.91 Å². The van der Waals surface area contributed by atoms with Gasteiger partial charge in [0.1, 0.15) is 12.1 Å². The molecule has 4 rings (SSSR count). The number of amides is 1. The summed E-state index contributed by atoms with van der Waals surface area (Å²) in [4.78, 5) is 19.1. The van der Waals surface area contributed by atoms with Crippen molar-refractivity contribution < 1.29 is 23.8 Å². The lowest BCUT2D eigenvalue weighted by Gasteiger charge is -2.27. The van der Waals surface area contributed by atoms with E-state index in [9.17, 15) is 9.18 Å². The van der Waals surface area contributed by atoms with Crippen molar-refractivity contribution in [1.82, 2.24) is 9.97 Å². The number of nitrogens with zero attached hydrogens (tertiary/aromatic N) is 2. The summed E-state index contributed by atoms with van der Waals surface area (Å²) >= 11 is 5.90. The highest BCUT2D eigenvalue weighted by Crippen LogP contribution is 2.37. The maximum absolute atomic E-state index is 14.3. The number of anilines is 2. The lowest BCUT2D eigenvalue weighted by Crippen LogP contribution is -2.24. The molecule has 8 nitrogen and oxygen atoms in total. The number of benzene rings is 2. The van der Waals surface area contributed by atoms with E-state index in [4.69, 9.17) is 31.9 Å². The highest BCUT2D eigenvalue weighted by atomic mass is 35.5. The third kappa shape index (κ3) is 8.41. The Morgan fingerprint density at radius 2 is 1.95 bits per heavy atom. The van der Waals surface area contributed by atoms with Gasteiger partial charge in [-0.05, 0) is 62.6 Å². The van der Waals surface area contributed by atoms with Gasteiger partial charge in [-0.2, -0.15) is 0 Å². The number of carbonyl (C=O) groups is 1. The monoisotopic (exact) mass is 560 g/mol. The molecule has 4 N–H and O–H groups in total. The van der Waals surface area contributed by atoms with Crippen molar-refractivity contribution in [1.29, 1.82) is 0 Å². The molecule has 0 aliphatic heterocycles. The topological polar surface area (TPSA) is 120 Å². The maximum Gasteiger partial charge on any atom is 0.220 e. The van der Waals surface area contributed by atoms with Crippen LogP contribution in [0, 0.1) is 17.7 Å². The average Bonchev–Trinajstić information content (AvgIpc) is 2.92. The van der Waals surface area contributed by atoms with Crippen LogP contribution in [0.25, 0.3) is 10.9 Å². The number of rotatable bonds is 9. The van der Waals surface area contributed by atoms with Crippen LogP contribution < -0.4 is 20.5 Å². The van der Waals surface area contributed by atoms with Gasteiger partial charge < -0.3 is 25.6 Å². The van der Waals surface area contributed by atoms with E-state index >= 15 is 0 Å². The van der Waals surface area contributed by atoms with Gasteiger partial charge in [0.05, 0.1) is 35.5 Å². The summed E-state index contributed by atoms with van der Waals surface area (Å²) in [5.74, 6) is 1.40. The zero-order chi connectivity index (χ0) is 28.5. The Labute approximate surface area is 234 Å². The Morgan fingerprint density at radius 3 is 2.59 bits per heavy atom. The number of aliphatic hydroxyl groups excluding tert-OH is 1. The normalized spacial score (nSPS) is 18.4. The number of nitrogens with two attached hydrogens (primary N) is 1. The van der Waals surface area contributed by atoms with E-state index in [0.29, 0.717) is 41.1 Å². The van der Waals surface area contributed by atoms with Gasteiger partial charge in [-0.25, -0.2) is 14.4 Å². The van der Waals surface area contributed by atoms with Gasteiger partial charge in [0.15, 0.2) is 17.3 Å². The fraction of sp³-hybridized carbons (Fsp3) is 0.483. The summed E-state index contributed by atoms with van der Waals surface area (Å²) < 4.78 is 26.1. The summed E-state index contributed by atoms with van der Waals surface area (Å²) in [5.41, 5.74) is 5.91. The summed E-state index contributed by atoms with van der Waals surface area (Å²) in [6, 6.07) is 8.47. The molecule has 2 aromatic carbocycles. The number of aliphatic hydroxyl groups is 1. The van der Waals surface area contributed by atoms with Crippen LogP contribution >= 0.6 is 11.6 Å². The van der Waals surface area contributed by atoms with Crippen LogP contribution in [0.1, 0.15) is 59.3 Å². The van der Waals surface area contributed by atoms with Gasteiger partial charge in [-0.15, -0.1) is 0 Å². The molecule has 0 spiro atoms. The maximum atomic E-state index is 14.3. The smallest absolute Gasteiger partial charge is 0.220 e. The molecule has 1 aliphatic rings. The Morgan fingerprint density at radius 1 is 1.23 bits per heavy atom. The largest absolute Gasteiger partial charge is 0.493 e. The molecule has 1 amide bonds. The number of aromatic nitrogens is 2. The standard InChI is InChI=1S/C22H23ClFN3O2.C7H15NO2/c1-13-6-8-14(9-7-13)29-20-10-15-18(11-19(20)28-2)25-12-26-22(15)27-17-5-3-4-16(23)21(17)24;1-3-6(9)4-5(2)7(8)10/h3-5,10-14H,6-9H2,1-2H3,(H,25,26,27);5-6,9H,3-4H2,1-2H3,(H2,8,10)/t;5-,6+/m.1/s1. The third-order valence-corrected chi connectivity index (χ3v) is 7.26. The second-order valence-corrected chi connectivity index (χ2v) is 10.5. The first-order valence-electron chi connectivity index (χ1n) is 13.3.